The van der Waals surface area contributed by atoms with Crippen molar-refractivity contribution in [2.24, 2.45) is 5.73 Å². The molecular weight excluding hydrogens is 286 g/mol. The van der Waals surface area contributed by atoms with Crippen molar-refractivity contribution < 1.29 is 4.79 Å². The number of nitrogens with one attached hydrogen (secondary N) is 1. The van der Waals surface area contributed by atoms with Gasteiger partial charge in [-0.3, -0.25) is 9.78 Å². The SMILES string of the molecule is Cc1ccc(C(C)NC(=O)c2ccnc(CN)c2)cc1.Cl. The zero-order chi connectivity index (χ0) is 14.5. The van der Waals surface area contributed by atoms with Crippen LogP contribution < -0.4 is 11.1 Å². The molecule has 4 nitrogen and oxygen atoms in total. The third-order valence-electron chi connectivity index (χ3n) is 3.21. The van der Waals surface area contributed by atoms with Gasteiger partial charge >= 0.3 is 0 Å². The van der Waals surface area contributed by atoms with Crippen LogP contribution in [-0.4, -0.2) is 10.9 Å². The largest absolute Gasteiger partial charge is 0.346 e. The molecule has 0 spiro atoms. The van der Waals surface area contributed by atoms with Crippen molar-refractivity contribution in [3.05, 3.63) is 65.0 Å². The van der Waals surface area contributed by atoms with Crippen LogP contribution in [-0.2, 0) is 6.54 Å². The maximum Gasteiger partial charge on any atom is 0.251 e. The fourth-order valence-corrected chi connectivity index (χ4v) is 1.95. The van der Waals surface area contributed by atoms with E-state index in [1.54, 1.807) is 18.3 Å². The van der Waals surface area contributed by atoms with Gasteiger partial charge in [-0.05, 0) is 31.5 Å². The van der Waals surface area contributed by atoms with Crippen LogP contribution in [0.3, 0.4) is 0 Å². The summed E-state index contributed by atoms with van der Waals surface area (Å²) in [5, 5.41) is 2.98. The molecule has 1 unspecified atom stereocenters. The Morgan fingerprint density at radius 1 is 1.29 bits per heavy atom. The first-order valence-electron chi connectivity index (χ1n) is 6.62. The Hall–Kier alpha value is -1.91. The molecule has 1 heterocycles. The highest BCUT2D eigenvalue weighted by Gasteiger charge is 2.11. The normalized spacial score (nSPS) is 11.4. The fraction of sp³-hybridized carbons (Fsp3) is 0.250. The van der Waals surface area contributed by atoms with E-state index in [2.05, 4.69) is 10.3 Å². The molecule has 0 fully saturated rings. The van der Waals surface area contributed by atoms with Gasteiger partial charge in [0, 0.05) is 18.3 Å². The number of nitrogens with two attached hydrogens (primary N) is 1. The van der Waals surface area contributed by atoms with Crippen LogP contribution >= 0.6 is 12.4 Å². The molecule has 112 valence electrons. The van der Waals surface area contributed by atoms with E-state index >= 15 is 0 Å². The van der Waals surface area contributed by atoms with E-state index in [1.807, 2.05) is 38.1 Å². The number of carbonyl (C=O) groups excluding carboxylic acids is 1. The van der Waals surface area contributed by atoms with Crippen molar-refractivity contribution in [2.75, 3.05) is 0 Å². The number of carbonyl (C=O) groups is 1. The molecule has 0 aliphatic rings. The zero-order valence-electron chi connectivity index (χ0n) is 12.2. The monoisotopic (exact) mass is 305 g/mol. The Morgan fingerprint density at radius 3 is 2.57 bits per heavy atom. The fourth-order valence-electron chi connectivity index (χ4n) is 1.95. The molecule has 1 atom stereocenters. The van der Waals surface area contributed by atoms with Gasteiger partial charge in [0.15, 0.2) is 0 Å². The average Bonchev–Trinajstić information content (AvgIpc) is 2.47. The summed E-state index contributed by atoms with van der Waals surface area (Å²) in [6, 6.07) is 11.5. The first-order valence-corrected chi connectivity index (χ1v) is 6.62. The quantitative estimate of drug-likeness (QED) is 0.912. The Kier molecular flexibility index (Phi) is 6.34. The lowest BCUT2D eigenvalue weighted by Crippen LogP contribution is -2.26. The molecule has 1 aromatic carbocycles. The van der Waals surface area contributed by atoms with Gasteiger partial charge in [0.25, 0.3) is 5.91 Å². The molecule has 0 saturated heterocycles. The van der Waals surface area contributed by atoms with Gasteiger partial charge in [-0.2, -0.15) is 0 Å². The summed E-state index contributed by atoms with van der Waals surface area (Å²) in [7, 11) is 0. The minimum Gasteiger partial charge on any atom is -0.346 e. The summed E-state index contributed by atoms with van der Waals surface area (Å²) in [5.74, 6) is -0.116. The number of halogens is 1. The summed E-state index contributed by atoms with van der Waals surface area (Å²) in [5.41, 5.74) is 9.11. The molecule has 1 aromatic heterocycles. The second-order valence-electron chi connectivity index (χ2n) is 4.85. The van der Waals surface area contributed by atoms with E-state index in [-0.39, 0.29) is 24.4 Å². The van der Waals surface area contributed by atoms with Gasteiger partial charge in [0.2, 0.25) is 0 Å². The predicted molar refractivity (Wildman–Crippen MR) is 86.4 cm³/mol. The van der Waals surface area contributed by atoms with Crippen LogP contribution in [0.1, 0.15) is 40.1 Å². The van der Waals surface area contributed by atoms with Crippen LogP contribution in [0.4, 0.5) is 0 Å². The minimum absolute atomic E-state index is 0. The third-order valence-corrected chi connectivity index (χ3v) is 3.21. The average molecular weight is 306 g/mol. The summed E-state index contributed by atoms with van der Waals surface area (Å²) < 4.78 is 0. The number of benzene rings is 1. The lowest BCUT2D eigenvalue weighted by atomic mass is 10.1. The first kappa shape index (κ1) is 17.1. The molecule has 1 amide bonds. The van der Waals surface area contributed by atoms with Crippen molar-refractivity contribution in [3.8, 4) is 0 Å². The molecule has 5 heteroatoms. The highest BCUT2D eigenvalue weighted by molar-refractivity contribution is 5.94. The van der Waals surface area contributed by atoms with Crippen LogP contribution in [0.15, 0.2) is 42.6 Å². The molecule has 21 heavy (non-hydrogen) atoms. The number of hydrogen-bond acceptors (Lipinski definition) is 3. The van der Waals surface area contributed by atoms with Gasteiger partial charge in [0.1, 0.15) is 0 Å². The lowest BCUT2D eigenvalue weighted by molar-refractivity contribution is 0.0939. The smallest absolute Gasteiger partial charge is 0.251 e. The molecule has 0 bridgehead atoms. The van der Waals surface area contributed by atoms with E-state index in [9.17, 15) is 4.79 Å². The summed E-state index contributed by atoms with van der Waals surface area (Å²) in [6.45, 7) is 4.33. The van der Waals surface area contributed by atoms with Crippen molar-refractivity contribution in [3.63, 3.8) is 0 Å². The summed E-state index contributed by atoms with van der Waals surface area (Å²) in [4.78, 5) is 16.3. The maximum atomic E-state index is 12.2. The third kappa shape index (κ3) is 4.55. The van der Waals surface area contributed by atoms with Crippen molar-refractivity contribution >= 4 is 18.3 Å². The molecule has 0 aliphatic heterocycles. The van der Waals surface area contributed by atoms with E-state index < -0.39 is 0 Å². The van der Waals surface area contributed by atoms with Crippen LogP contribution in [0.5, 0.6) is 0 Å². The Balaban J connectivity index is 0.00000220. The highest BCUT2D eigenvalue weighted by Crippen LogP contribution is 2.14. The van der Waals surface area contributed by atoms with E-state index in [1.165, 1.54) is 5.56 Å². The first-order chi connectivity index (χ1) is 9.60. The van der Waals surface area contributed by atoms with E-state index in [0.29, 0.717) is 17.8 Å². The molecule has 0 radical (unpaired) electrons. The molecule has 2 rings (SSSR count). The number of pyridine rings is 1. The van der Waals surface area contributed by atoms with E-state index in [0.717, 1.165) is 5.56 Å². The summed E-state index contributed by atoms with van der Waals surface area (Å²) in [6.07, 6.45) is 1.60. The number of nitrogens with zero attached hydrogens (tertiary/aromatic N) is 1. The minimum atomic E-state index is -0.116. The van der Waals surface area contributed by atoms with Crippen LogP contribution in [0.2, 0.25) is 0 Å². The van der Waals surface area contributed by atoms with Gasteiger partial charge < -0.3 is 11.1 Å². The zero-order valence-corrected chi connectivity index (χ0v) is 13.0. The van der Waals surface area contributed by atoms with Gasteiger partial charge in [0.05, 0.1) is 11.7 Å². The Morgan fingerprint density at radius 2 is 1.95 bits per heavy atom. The predicted octanol–water partition coefficient (Wildman–Crippen LogP) is 2.76. The van der Waals surface area contributed by atoms with Gasteiger partial charge in [-0.25, -0.2) is 0 Å². The Labute approximate surface area is 131 Å². The maximum absolute atomic E-state index is 12.2. The number of aryl methyl sites for hydroxylation is 1. The number of amides is 1. The second kappa shape index (κ2) is 7.76. The highest BCUT2D eigenvalue weighted by atomic mass is 35.5. The molecule has 3 N–H and O–H groups in total. The number of hydrogen-bond donors (Lipinski definition) is 2. The Bertz CT molecular complexity index is 599. The van der Waals surface area contributed by atoms with E-state index in [4.69, 9.17) is 5.73 Å². The standard InChI is InChI=1S/C16H19N3O.ClH/c1-11-3-5-13(6-4-11)12(2)19-16(20)14-7-8-18-15(9-14)10-17;/h3-9,12H,10,17H2,1-2H3,(H,19,20);1H. The van der Waals surface area contributed by atoms with Crippen molar-refractivity contribution in [1.82, 2.24) is 10.3 Å². The van der Waals surface area contributed by atoms with Gasteiger partial charge in [-0.1, -0.05) is 29.8 Å². The molecule has 0 aliphatic carbocycles. The summed E-state index contributed by atoms with van der Waals surface area (Å²) >= 11 is 0. The molecular formula is C16H20ClN3O. The number of rotatable bonds is 4. The lowest BCUT2D eigenvalue weighted by Gasteiger charge is -2.15. The van der Waals surface area contributed by atoms with Crippen LogP contribution in [0.25, 0.3) is 0 Å². The van der Waals surface area contributed by atoms with Crippen molar-refractivity contribution in [1.29, 1.82) is 0 Å². The molecule has 0 saturated carbocycles. The van der Waals surface area contributed by atoms with Crippen LogP contribution in [0, 0.1) is 6.92 Å². The second-order valence-corrected chi connectivity index (χ2v) is 4.85. The number of aromatic nitrogens is 1. The van der Waals surface area contributed by atoms with Gasteiger partial charge in [-0.15, -0.1) is 12.4 Å². The molecule has 2 aromatic rings. The van der Waals surface area contributed by atoms with Crippen molar-refractivity contribution in [2.45, 2.75) is 26.4 Å². The topological polar surface area (TPSA) is 68.0 Å².